The first-order valence-electron chi connectivity index (χ1n) is 9.21. The Labute approximate surface area is 178 Å². The van der Waals surface area contributed by atoms with Crippen LogP contribution >= 0.6 is 23.2 Å². The molecule has 0 N–H and O–H groups in total. The summed E-state index contributed by atoms with van der Waals surface area (Å²) >= 11 is 12.6. The number of nitrogens with zero attached hydrogens (tertiary/aromatic N) is 5. The number of hydrogen-bond donors (Lipinski definition) is 0. The average molecular weight is 432 g/mol. The minimum absolute atomic E-state index is 0.106. The normalized spacial score (nSPS) is 14.3. The van der Waals surface area contributed by atoms with Gasteiger partial charge < -0.3 is 14.5 Å². The molecule has 4 rings (SSSR count). The van der Waals surface area contributed by atoms with E-state index < -0.39 is 0 Å². The van der Waals surface area contributed by atoms with Crippen molar-refractivity contribution in [3.63, 3.8) is 0 Å². The molecule has 1 amide bonds. The topological polar surface area (TPSA) is 71.5 Å². The fourth-order valence-corrected chi connectivity index (χ4v) is 3.83. The van der Waals surface area contributed by atoms with Crippen molar-refractivity contribution in [1.29, 1.82) is 0 Å². The summed E-state index contributed by atoms with van der Waals surface area (Å²) in [5, 5.41) is 1.57. The Kier molecular flexibility index (Phi) is 5.69. The number of ether oxygens (including phenoxy) is 1. The van der Waals surface area contributed by atoms with Gasteiger partial charge in [-0.2, -0.15) is 0 Å². The number of anilines is 1. The van der Waals surface area contributed by atoms with Crippen LogP contribution in [0.5, 0.6) is 5.75 Å². The van der Waals surface area contributed by atoms with Crippen LogP contribution in [0.4, 0.5) is 5.95 Å². The van der Waals surface area contributed by atoms with E-state index in [9.17, 15) is 4.79 Å². The van der Waals surface area contributed by atoms with Gasteiger partial charge >= 0.3 is 0 Å². The zero-order valence-electron chi connectivity index (χ0n) is 15.8. The van der Waals surface area contributed by atoms with Gasteiger partial charge in [-0.25, -0.2) is 15.0 Å². The Morgan fingerprint density at radius 3 is 2.55 bits per heavy atom. The summed E-state index contributed by atoms with van der Waals surface area (Å²) in [6, 6.07) is 7.13. The lowest BCUT2D eigenvalue weighted by molar-refractivity contribution is -0.133. The van der Waals surface area contributed by atoms with E-state index in [1.807, 2.05) is 19.1 Å². The summed E-state index contributed by atoms with van der Waals surface area (Å²) < 4.78 is 5.80. The first kappa shape index (κ1) is 19.7. The monoisotopic (exact) mass is 431 g/mol. The molecule has 0 spiro atoms. The third-order valence-electron chi connectivity index (χ3n) is 4.78. The second-order valence-electron chi connectivity index (χ2n) is 6.72. The largest absolute Gasteiger partial charge is 0.480 e. The second kappa shape index (κ2) is 8.39. The number of aromatic nitrogens is 3. The van der Waals surface area contributed by atoms with Crippen LogP contribution in [-0.4, -0.2) is 58.5 Å². The van der Waals surface area contributed by atoms with Crippen LogP contribution in [0.3, 0.4) is 0 Å². The third-order valence-corrected chi connectivity index (χ3v) is 5.38. The Balaban J connectivity index is 1.42. The number of benzene rings is 1. The predicted octanol–water partition coefficient (Wildman–Crippen LogP) is 3.37. The van der Waals surface area contributed by atoms with Crippen molar-refractivity contribution in [2.45, 2.75) is 6.92 Å². The Bertz CT molecular complexity index is 1040. The van der Waals surface area contributed by atoms with Crippen LogP contribution in [0.2, 0.25) is 10.0 Å². The molecule has 1 saturated heterocycles. The number of hydrogen-bond acceptors (Lipinski definition) is 6. The molecule has 3 heterocycles. The smallest absolute Gasteiger partial charge is 0.260 e. The minimum Gasteiger partial charge on any atom is -0.480 e. The first-order chi connectivity index (χ1) is 14.0. The third kappa shape index (κ3) is 4.21. The van der Waals surface area contributed by atoms with Crippen LogP contribution in [0.1, 0.15) is 5.69 Å². The van der Waals surface area contributed by atoms with Crippen molar-refractivity contribution in [3.05, 3.63) is 52.4 Å². The van der Waals surface area contributed by atoms with Gasteiger partial charge in [0.1, 0.15) is 5.52 Å². The summed E-state index contributed by atoms with van der Waals surface area (Å²) in [5.41, 5.74) is 1.37. The second-order valence-corrected chi connectivity index (χ2v) is 7.54. The lowest BCUT2D eigenvalue weighted by Gasteiger charge is -2.34. The van der Waals surface area contributed by atoms with E-state index in [4.69, 9.17) is 27.9 Å². The van der Waals surface area contributed by atoms with Gasteiger partial charge in [-0.1, -0.05) is 23.2 Å². The zero-order chi connectivity index (χ0) is 20.4. The maximum atomic E-state index is 12.7. The van der Waals surface area contributed by atoms with E-state index in [-0.39, 0.29) is 12.5 Å². The maximum Gasteiger partial charge on any atom is 0.260 e. The van der Waals surface area contributed by atoms with Crippen LogP contribution < -0.4 is 9.64 Å². The Morgan fingerprint density at radius 2 is 1.83 bits per heavy atom. The SMILES string of the molecule is Cc1ccc2c(Cl)cc(Cl)c(OCC(=O)N3CCN(c4ncccn4)CC3)c2n1. The molecular weight excluding hydrogens is 413 g/mol. The quantitative estimate of drug-likeness (QED) is 0.630. The van der Waals surface area contributed by atoms with E-state index >= 15 is 0 Å². The number of halogens is 2. The molecule has 1 aliphatic rings. The van der Waals surface area contributed by atoms with Crippen LogP contribution in [0.15, 0.2) is 36.7 Å². The molecule has 3 aromatic rings. The van der Waals surface area contributed by atoms with E-state index in [1.54, 1.807) is 29.4 Å². The number of carbonyl (C=O) groups excluding carboxylic acids is 1. The number of piperazine rings is 1. The average Bonchev–Trinajstić information content (AvgIpc) is 2.74. The van der Waals surface area contributed by atoms with Crippen LogP contribution in [0, 0.1) is 6.92 Å². The molecule has 7 nitrogen and oxygen atoms in total. The van der Waals surface area contributed by atoms with Crippen molar-refractivity contribution in [3.8, 4) is 5.75 Å². The van der Waals surface area contributed by atoms with Gasteiger partial charge in [-0.05, 0) is 31.2 Å². The van der Waals surface area contributed by atoms with E-state index in [1.165, 1.54) is 0 Å². The summed E-state index contributed by atoms with van der Waals surface area (Å²) in [6.45, 7) is 4.25. The molecule has 1 fully saturated rings. The summed E-state index contributed by atoms with van der Waals surface area (Å²) in [5.74, 6) is 0.946. The van der Waals surface area contributed by atoms with Crippen molar-refractivity contribution >= 4 is 46.0 Å². The molecule has 0 radical (unpaired) electrons. The molecule has 0 aliphatic carbocycles. The van der Waals surface area contributed by atoms with Gasteiger partial charge in [-0.15, -0.1) is 0 Å². The highest BCUT2D eigenvalue weighted by Crippen LogP contribution is 2.37. The zero-order valence-corrected chi connectivity index (χ0v) is 17.3. The maximum absolute atomic E-state index is 12.7. The fourth-order valence-electron chi connectivity index (χ4n) is 3.26. The molecule has 0 unspecified atom stereocenters. The molecule has 0 saturated carbocycles. The van der Waals surface area contributed by atoms with Crippen molar-refractivity contribution in [1.82, 2.24) is 19.9 Å². The van der Waals surface area contributed by atoms with Crippen molar-refractivity contribution < 1.29 is 9.53 Å². The molecule has 150 valence electrons. The summed E-state index contributed by atoms with van der Waals surface area (Å²) in [4.78, 5) is 29.5. The van der Waals surface area contributed by atoms with Crippen LogP contribution in [0.25, 0.3) is 10.9 Å². The Hall–Kier alpha value is -2.64. The van der Waals surface area contributed by atoms with Gasteiger partial charge in [0.2, 0.25) is 5.95 Å². The van der Waals surface area contributed by atoms with E-state index in [0.717, 1.165) is 11.1 Å². The highest BCUT2D eigenvalue weighted by molar-refractivity contribution is 6.39. The highest BCUT2D eigenvalue weighted by atomic mass is 35.5. The van der Waals surface area contributed by atoms with Gasteiger partial charge in [0.25, 0.3) is 5.91 Å². The van der Waals surface area contributed by atoms with Gasteiger partial charge in [0.15, 0.2) is 12.4 Å². The van der Waals surface area contributed by atoms with Gasteiger partial charge in [-0.3, -0.25) is 4.79 Å². The van der Waals surface area contributed by atoms with Crippen molar-refractivity contribution in [2.24, 2.45) is 0 Å². The molecule has 2 aromatic heterocycles. The molecule has 0 atom stereocenters. The molecule has 0 bridgehead atoms. The molecule has 1 aromatic carbocycles. The predicted molar refractivity (Wildman–Crippen MR) is 113 cm³/mol. The van der Waals surface area contributed by atoms with Gasteiger partial charge in [0, 0.05) is 49.7 Å². The fraction of sp³-hybridized carbons (Fsp3) is 0.300. The van der Waals surface area contributed by atoms with E-state index in [0.29, 0.717) is 53.4 Å². The molecule has 29 heavy (non-hydrogen) atoms. The number of pyridine rings is 1. The lowest BCUT2D eigenvalue weighted by Crippen LogP contribution is -2.50. The molecule has 1 aliphatic heterocycles. The number of amides is 1. The number of carbonyl (C=O) groups is 1. The number of fused-ring (bicyclic) bond motifs is 1. The first-order valence-corrected chi connectivity index (χ1v) is 9.96. The van der Waals surface area contributed by atoms with Crippen LogP contribution in [-0.2, 0) is 4.79 Å². The van der Waals surface area contributed by atoms with Crippen molar-refractivity contribution in [2.75, 3.05) is 37.7 Å². The minimum atomic E-state index is -0.117. The van der Waals surface area contributed by atoms with E-state index in [2.05, 4.69) is 19.9 Å². The number of rotatable bonds is 4. The lowest BCUT2D eigenvalue weighted by atomic mass is 10.2. The molecular formula is C20H19Cl2N5O2. The highest BCUT2D eigenvalue weighted by Gasteiger charge is 2.23. The Morgan fingerprint density at radius 1 is 1.10 bits per heavy atom. The standard InChI is InChI=1S/C20H19Cl2N5O2/c1-13-3-4-14-15(21)11-16(22)19(18(14)25-13)29-12-17(28)26-7-9-27(10-8-26)20-23-5-2-6-24-20/h2-6,11H,7-10,12H2,1H3. The van der Waals surface area contributed by atoms with Gasteiger partial charge in [0.05, 0.1) is 10.0 Å². The summed E-state index contributed by atoms with van der Waals surface area (Å²) in [7, 11) is 0. The molecule has 9 heteroatoms. The summed E-state index contributed by atoms with van der Waals surface area (Å²) in [6.07, 6.45) is 3.42. The number of aryl methyl sites for hydroxylation is 1.